The van der Waals surface area contributed by atoms with Gasteiger partial charge < -0.3 is 20.7 Å². The first-order chi connectivity index (χ1) is 21.7. The van der Waals surface area contributed by atoms with Crippen LogP contribution in [-0.4, -0.2) is 34.5 Å². The van der Waals surface area contributed by atoms with Crippen LogP contribution < -0.4 is 20.7 Å². The number of hydrogen-bond acceptors (Lipinski definition) is 7. The molecular weight excluding hydrogens is 592 g/mol. The number of thioether (sulfide) groups is 1. The van der Waals surface area contributed by atoms with E-state index in [1.807, 2.05) is 19.9 Å². The fraction of sp³-hybridized carbons (Fsp3) is 0.147. The highest BCUT2D eigenvalue weighted by atomic mass is 32.2. The smallest absolute Gasteiger partial charge is 0.272 e. The Morgan fingerprint density at radius 1 is 0.867 bits per heavy atom. The highest BCUT2D eigenvalue weighted by Crippen LogP contribution is 2.29. The van der Waals surface area contributed by atoms with Gasteiger partial charge in [-0.1, -0.05) is 31.2 Å². The Morgan fingerprint density at radius 2 is 1.58 bits per heavy atom. The molecule has 0 saturated heterocycles. The van der Waals surface area contributed by atoms with Crippen molar-refractivity contribution in [2.45, 2.75) is 30.4 Å². The maximum Gasteiger partial charge on any atom is 0.272 e. The number of carbonyl (C=O) groups is 3. The zero-order valence-corrected chi connectivity index (χ0v) is 25.5. The van der Waals surface area contributed by atoms with E-state index in [1.54, 1.807) is 72.8 Å². The summed E-state index contributed by atoms with van der Waals surface area (Å²) in [5.41, 5.74) is 1.79. The maximum absolute atomic E-state index is 13.4. The van der Waals surface area contributed by atoms with E-state index in [-0.39, 0.29) is 17.3 Å². The number of nitrogens with one attached hydrogen (secondary N) is 3. The van der Waals surface area contributed by atoms with Crippen LogP contribution in [0.2, 0.25) is 0 Å². The Balaban J connectivity index is 1.49. The Labute approximate surface area is 265 Å². The first kappa shape index (κ1) is 32.5. The summed E-state index contributed by atoms with van der Waals surface area (Å²) in [4.78, 5) is 50.7. The van der Waals surface area contributed by atoms with Crippen LogP contribution in [-0.2, 0) is 9.59 Å². The molecule has 0 radical (unpaired) electrons. The maximum atomic E-state index is 13.4. The molecule has 0 saturated carbocycles. The standard InChI is InChI=1S/C34H32N4O6S/c1-3-31(34(41)35-25-15-19-28(20-16-25)44-4-2)45-29-12-8-11-26(22-29)36-33(40)30(37-32(39)24-9-6-5-7-10-24)21-23-13-17-27(18-14-23)38(42)43/h5-22,31H,3-4H2,1-2H3,(H,35,41)(H,36,40)(H,37,39)/b30-21+. The van der Waals surface area contributed by atoms with Crippen molar-refractivity contribution in [2.24, 2.45) is 0 Å². The number of carbonyl (C=O) groups excluding carboxylic acids is 3. The quantitative estimate of drug-likeness (QED) is 0.0635. The first-order valence-electron chi connectivity index (χ1n) is 14.2. The largest absolute Gasteiger partial charge is 0.494 e. The summed E-state index contributed by atoms with van der Waals surface area (Å²) >= 11 is 1.36. The van der Waals surface area contributed by atoms with Crippen LogP contribution in [0.5, 0.6) is 5.75 Å². The summed E-state index contributed by atoms with van der Waals surface area (Å²) in [5, 5.41) is 19.1. The topological polar surface area (TPSA) is 140 Å². The highest BCUT2D eigenvalue weighted by Gasteiger charge is 2.20. The second-order valence-corrected chi connectivity index (χ2v) is 10.9. The van der Waals surface area contributed by atoms with Crippen molar-refractivity contribution in [2.75, 3.05) is 17.2 Å². The third-order valence-corrected chi connectivity index (χ3v) is 7.77. The van der Waals surface area contributed by atoms with E-state index in [4.69, 9.17) is 4.74 Å². The number of anilines is 2. The lowest BCUT2D eigenvalue weighted by atomic mass is 10.1. The molecule has 0 aromatic heterocycles. The lowest BCUT2D eigenvalue weighted by Crippen LogP contribution is -2.30. The summed E-state index contributed by atoms with van der Waals surface area (Å²) in [7, 11) is 0. The summed E-state index contributed by atoms with van der Waals surface area (Å²) in [5.74, 6) is -0.521. The van der Waals surface area contributed by atoms with E-state index >= 15 is 0 Å². The van der Waals surface area contributed by atoms with Crippen LogP contribution in [0.25, 0.3) is 6.08 Å². The highest BCUT2D eigenvalue weighted by molar-refractivity contribution is 8.00. The summed E-state index contributed by atoms with van der Waals surface area (Å²) in [6.45, 7) is 4.38. The second-order valence-electron chi connectivity index (χ2n) is 9.67. The molecule has 230 valence electrons. The number of rotatable bonds is 13. The minimum absolute atomic E-state index is 0.0584. The van der Waals surface area contributed by atoms with Crippen LogP contribution in [0.15, 0.2) is 114 Å². The van der Waals surface area contributed by atoms with Gasteiger partial charge in [-0.25, -0.2) is 0 Å². The summed E-state index contributed by atoms with van der Waals surface area (Å²) in [6.07, 6.45) is 2.01. The van der Waals surface area contributed by atoms with Crippen LogP contribution in [0, 0.1) is 10.1 Å². The van der Waals surface area contributed by atoms with E-state index in [1.165, 1.54) is 42.1 Å². The third kappa shape index (κ3) is 9.54. The van der Waals surface area contributed by atoms with E-state index in [2.05, 4.69) is 16.0 Å². The molecule has 0 bridgehead atoms. The average molecular weight is 625 g/mol. The van der Waals surface area contributed by atoms with Crippen molar-refractivity contribution in [1.29, 1.82) is 0 Å². The van der Waals surface area contributed by atoms with Crippen LogP contribution in [0.4, 0.5) is 17.1 Å². The van der Waals surface area contributed by atoms with Crippen molar-refractivity contribution in [3.05, 3.63) is 130 Å². The van der Waals surface area contributed by atoms with Crippen molar-refractivity contribution >= 4 is 52.6 Å². The first-order valence-corrected chi connectivity index (χ1v) is 15.1. The third-order valence-electron chi connectivity index (χ3n) is 6.41. The van der Waals surface area contributed by atoms with Gasteiger partial charge in [0.2, 0.25) is 5.91 Å². The molecular formula is C34H32N4O6S. The molecule has 0 aliphatic carbocycles. The predicted molar refractivity (Wildman–Crippen MR) is 176 cm³/mol. The van der Waals surface area contributed by atoms with E-state index in [0.29, 0.717) is 35.5 Å². The Hall–Kier alpha value is -5.42. The zero-order chi connectivity index (χ0) is 32.2. The van der Waals surface area contributed by atoms with Gasteiger partial charge in [0.1, 0.15) is 11.4 Å². The molecule has 3 N–H and O–H groups in total. The SMILES string of the molecule is CCOc1ccc(NC(=O)C(CC)Sc2cccc(NC(=O)/C(=C\c3ccc([N+](=O)[O-])cc3)NC(=O)c3ccccc3)c2)cc1. The lowest BCUT2D eigenvalue weighted by Gasteiger charge is -2.16. The van der Waals surface area contributed by atoms with Gasteiger partial charge in [0.25, 0.3) is 17.5 Å². The average Bonchev–Trinajstić information content (AvgIpc) is 3.05. The molecule has 45 heavy (non-hydrogen) atoms. The molecule has 0 heterocycles. The molecule has 1 unspecified atom stereocenters. The normalized spacial score (nSPS) is 11.6. The number of hydrogen-bond donors (Lipinski definition) is 3. The fourth-order valence-corrected chi connectivity index (χ4v) is 5.17. The van der Waals surface area contributed by atoms with Crippen LogP contribution in [0.1, 0.15) is 36.2 Å². The van der Waals surface area contributed by atoms with Crippen LogP contribution >= 0.6 is 11.8 Å². The predicted octanol–water partition coefficient (Wildman–Crippen LogP) is 6.91. The molecule has 4 aromatic carbocycles. The lowest BCUT2D eigenvalue weighted by molar-refractivity contribution is -0.384. The van der Waals surface area contributed by atoms with Gasteiger partial charge in [-0.05, 0) is 91.7 Å². The van der Waals surface area contributed by atoms with Gasteiger partial charge in [-0.3, -0.25) is 24.5 Å². The monoisotopic (exact) mass is 624 g/mol. The van der Waals surface area contributed by atoms with Crippen molar-refractivity contribution < 1.29 is 24.0 Å². The number of nitro benzene ring substituents is 1. The minimum Gasteiger partial charge on any atom is -0.494 e. The second kappa shape index (κ2) is 15.9. The minimum atomic E-state index is -0.597. The molecule has 1 atom stereocenters. The summed E-state index contributed by atoms with van der Waals surface area (Å²) < 4.78 is 5.45. The number of amides is 3. The van der Waals surface area contributed by atoms with Crippen molar-refractivity contribution in [3.8, 4) is 5.75 Å². The molecule has 0 fully saturated rings. The molecule has 0 aliphatic rings. The van der Waals surface area contributed by atoms with Gasteiger partial charge in [0.05, 0.1) is 16.8 Å². The Kier molecular flexibility index (Phi) is 11.5. The van der Waals surface area contributed by atoms with Crippen LogP contribution in [0.3, 0.4) is 0 Å². The molecule has 10 nitrogen and oxygen atoms in total. The zero-order valence-electron chi connectivity index (χ0n) is 24.7. The number of nitrogens with zero attached hydrogens (tertiary/aromatic N) is 1. The summed E-state index contributed by atoms with van der Waals surface area (Å²) in [6, 6.07) is 28.3. The number of ether oxygens (including phenoxy) is 1. The van der Waals surface area contributed by atoms with E-state index in [0.717, 1.165) is 10.6 Å². The molecule has 0 aliphatic heterocycles. The van der Waals surface area contributed by atoms with Crippen molar-refractivity contribution in [1.82, 2.24) is 5.32 Å². The Bertz CT molecular complexity index is 1680. The van der Waals surface area contributed by atoms with Gasteiger partial charge >= 0.3 is 0 Å². The van der Waals surface area contributed by atoms with E-state index < -0.39 is 22.0 Å². The number of non-ortho nitro benzene ring substituents is 1. The van der Waals surface area contributed by atoms with Gasteiger partial charge in [0.15, 0.2) is 0 Å². The number of benzene rings is 4. The molecule has 0 spiro atoms. The number of nitro groups is 1. The fourth-order valence-electron chi connectivity index (χ4n) is 4.16. The molecule has 4 aromatic rings. The molecule has 3 amide bonds. The van der Waals surface area contributed by atoms with E-state index in [9.17, 15) is 24.5 Å². The molecule has 4 rings (SSSR count). The van der Waals surface area contributed by atoms with Gasteiger partial charge in [-0.15, -0.1) is 11.8 Å². The van der Waals surface area contributed by atoms with Gasteiger partial charge in [0, 0.05) is 34.0 Å². The van der Waals surface area contributed by atoms with Gasteiger partial charge in [-0.2, -0.15) is 0 Å². The van der Waals surface area contributed by atoms with Crippen molar-refractivity contribution in [3.63, 3.8) is 0 Å². The molecule has 11 heteroatoms. The Morgan fingerprint density at radius 3 is 2.22 bits per heavy atom.